The molecule has 61 heavy (non-hydrogen) atoms. The summed E-state index contributed by atoms with van der Waals surface area (Å²) >= 11 is 0. The van der Waals surface area contributed by atoms with Crippen LogP contribution in [0.1, 0.15) is 49.9 Å². The Hall–Kier alpha value is -7.22. The Labute approximate surface area is 360 Å². The number of anilines is 3. The van der Waals surface area contributed by atoms with Crippen LogP contribution in [-0.4, -0.2) is 0 Å². The lowest BCUT2D eigenvalue weighted by molar-refractivity contribution is 0.660. The normalized spacial score (nSPS) is 13.8. The van der Waals surface area contributed by atoms with E-state index in [1.807, 2.05) is 0 Å². The van der Waals surface area contributed by atoms with Gasteiger partial charge < -0.3 is 4.90 Å². The van der Waals surface area contributed by atoms with Crippen molar-refractivity contribution in [2.24, 2.45) is 0 Å². The summed E-state index contributed by atoms with van der Waals surface area (Å²) in [6.45, 7) is 9.49. The molecular weight excluding hydrogens is 735 g/mol. The molecule has 0 unspecified atom stereocenters. The van der Waals surface area contributed by atoms with Gasteiger partial charge in [0.05, 0.1) is 11.4 Å². The molecule has 9 aromatic carbocycles. The van der Waals surface area contributed by atoms with E-state index in [1.54, 1.807) is 0 Å². The zero-order valence-corrected chi connectivity index (χ0v) is 35.2. The maximum Gasteiger partial charge on any atom is 0.0540 e. The number of rotatable bonds is 7. The van der Waals surface area contributed by atoms with Gasteiger partial charge in [-0.25, -0.2) is 0 Å². The van der Waals surface area contributed by atoms with Gasteiger partial charge in [-0.3, -0.25) is 0 Å². The van der Waals surface area contributed by atoms with Crippen LogP contribution >= 0.6 is 0 Å². The van der Waals surface area contributed by atoms with Gasteiger partial charge in [0.1, 0.15) is 0 Å². The monoisotopic (exact) mass is 781 g/mol. The molecule has 0 saturated heterocycles. The topological polar surface area (TPSA) is 3.24 Å². The summed E-state index contributed by atoms with van der Waals surface area (Å²) in [5, 5.41) is 0. The molecule has 0 fully saturated rings. The largest absolute Gasteiger partial charge is 0.309 e. The molecular formula is C60H47N. The Balaban J connectivity index is 1.17. The maximum atomic E-state index is 2.52. The smallest absolute Gasteiger partial charge is 0.0540 e. The minimum absolute atomic E-state index is 0.109. The van der Waals surface area contributed by atoms with Crippen LogP contribution in [-0.2, 0) is 10.8 Å². The summed E-state index contributed by atoms with van der Waals surface area (Å²) in [4.78, 5) is 2.52. The highest BCUT2D eigenvalue weighted by atomic mass is 15.1. The van der Waals surface area contributed by atoms with Gasteiger partial charge in [0.15, 0.2) is 0 Å². The van der Waals surface area contributed by atoms with Gasteiger partial charge in [-0.05, 0) is 108 Å². The Morgan fingerprint density at radius 2 is 0.820 bits per heavy atom. The summed E-state index contributed by atoms with van der Waals surface area (Å²) in [5.41, 5.74) is 23.6. The van der Waals surface area contributed by atoms with Crippen molar-refractivity contribution in [1.82, 2.24) is 0 Å². The van der Waals surface area contributed by atoms with E-state index in [1.165, 1.54) is 89.0 Å². The number of benzene rings is 9. The Morgan fingerprint density at radius 3 is 1.59 bits per heavy atom. The Kier molecular flexibility index (Phi) is 8.58. The number of hydrogen-bond acceptors (Lipinski definition) is 1. The van der Waals surface area contributed by atoms with Gasteiger partial charge in [-0.15, -0.1) is 0 Å². The molecule has 292 valence electrons. The summed E-state index contributed by atoms with van der Waals surface area (Å²) in [7, 11) is 0. The Morgan fingerprint density at radius 1 is 0.295 bits per heavy atom. The van der Waals surface area contributed by atoms with Crippen LogP contribution in [0.5, 0.6) is 0 Å². The molecule has 1 nitrogen and oxygen atoms in total. The molecule has 0 aliphatic heterocycles. The van der Waals surface area contributed by atoms with E-state index < -0.39 is 0 Å². The van der Waals surface area contributed by atoms with Crippen molar-refractivity contribution in [3.8, 4) is 66.8 Å². The zero-order chi connectivity index (χ0) is 41.3. The number of nitrogens with zero attached hydrogens (tertiary/aromatic N) is 1. The first kappa shape index (κ1) is 36.8. The third kappa shape index (κ3) is 5.83. The van der Waals surface area contributed by atoms with Crippen molar-refractivity contribution in [3.63, 3.8) is 0 Å². The fourth-order valence-corrected chi connectivity index (χ4v) is 10.6. The van der Waals surface area contributed by atoms with Crippen molar-refractivity contribution < 1.29 is 0 Å². The van der Waals surface area contributed by atoms with Crippen molar-refractivity contribution in [2.75, 3.05) is 4.90 Å². The molecule has 0 saturated carbocycles. The zero-order valence-electron chi connectivity index (χ0n) is 35.2. The second-order valence-electron chi connectivity index (χ2n) is 17.7. The second-order valence-corrected chi connectivity index (χ2v) is 17.7. The van der Waals surface area contributed by atoms with E-state index >= 15 is 0 Å². The van der Waals surface area contributed by atoms with Gasteiger partial charge in [-0.1, -0.05) is 210 Å². The van der Waals surface area contributed by atoms with E-state index in [2.05, 4.69) is 245 Å². The third-order valence-corrected chi connectivity index (χ3v) is 13.5. The molecule has 0 amide bonds. The standard InChI is InChI=1S/C60H47N/c1-59(2)53-33-15-12-28-50(53)57-48(30-19-34-54(57)59)47-27-13-16-35-55(47)61(56-37-36-42(40-20-7-5-8-21-40)39-51(56)41-22-9-6-10-23-41)44-25-17-24-43(38-44)45-29-18-31-49-46-26-11-14-32-52(46)60(3,4)58(45)49/h5-39H,1-4H3. The molecule has 1 heteroatoms. The number of fused-ring (bicyclic) bond motifs is 6. The van der Waals surface area contributed by atoms with Crippen LogP contribution in [0.25, 0.3) is 66.8 Å². The average molecular weight is 782 g/mol. The van der Waals surface area contributed by atoms with E-state index in [4.69, 9.17) is 0 Å². The number of hydrogen-bond donors (Lipinski definition) is 0. The lowest BCUT2D eigenvalue weighted by Crippen LogP contribution is -2.16. The van der Waals surface area contributed by atoms with Gasteiger partial charge in [-0.2, -0.15) is 0 Å². The SMILES string of the molecule is CC1(C)c2ccccc2-c2c(-c3ccccc3N(c3cccc(-c4cccc5c4C(C)(C)c4ccccc4-5)c3)c3ccc(-c4ccccc4)cc3-c3ccccc3)cccc21. The number of para-hydroxylation sites is 1. The molecule has 2 aliphatic carbocycles. The quantitative estimate of drug-likeness (QED) is 0.156. The van der Waals surface area contributed by atoms with E-state index in [0.29, 0.717) is 0 Å². The molecule has 0 atom stereocenters. The molecule has 11 rings (SSSR count). The highest BCUT2D eigenvalue weighted by Gasteiger charge is 2.39. The van der Waals surface area contributed by atoms with Crippen LogP contribution < -0.4 is 4.90 Å². The van der Waals surface area contributed by atoms with Gasteiger partial charge in [0.2, 0.25) is 0 Å². The van der Waals surface area contributed by atoms with E-state index in [0.717, 1.165) is 17.1 Å². The van der Waals surface area contributed by atoms with Crippen LogP contribution in [0.2, 0.25) is 0 Å². The predicted molar refractivity (Wildman–Crippen MR) is 258 cm³/mol. The van der Waals surface area contributed by atoms with E-state index in [9.17, 15) is 0 Å². The summed E-state index contributed by atoms with van der Waals surface area (Å²) in [6, 6.07) is 78.6. The fraction of sp³-hybridized carbons (Fsp3) is 0.100. The van der Waals surface area contributed by atoms with Crippen molar-refractivity contribution in [3.05, 3.63) is 235 Å². The molecule has 0 aromatic heterocycles. The maximum absolute atomic E-state index is 2.52. The molecule has 0 bridgehead atoms. The second kappa shape index (κ2) is 14.2. The molecule has 0 heterocycles. The van der Waals surface area contributed by atoms with Gasteiger partial charge >= 0.3 is 0 Å². The van der Waals surface area contributed by atoms with E-state index in [-0.39, 0.29) is 10.8 Å². The van der Waals surface area contributed by atoms with Crippen molar-refractivity contribution >= 4 is 17.1 Å². The first-order valence-corrected chi connectivity index (χ1v) is 21.5. The fourth-order valence-electron chi connectivity index (χ4n) is 10.6. The van der Waals surface area contributed by atoms with Crippen LogP contribution in [0, 0.1) is 0 Å². The molecule has 0 radical (unpaired) electrons. The molecule has 0 spiro atoms. The highest BCUT2D eigenvalue weighted by molar-refractivity contribution is 6.01. The summed E-state index contributed by atoms with van der Waals surface area (Å²) in [6.07, 6.45) is 0. The highest BCUT2D eigenvalue weighted by Crippen LogP contribution is 2.56. The lowest BCUT2D eigenvalue weighted by atomic mass is 9.79. The predicted octanol–water partition coefficient (Wildman–Crippen LogP) is 16.4. The van der Waals surface area contributed by atoms with Gasteiger partial charge in [0.25, 0.3) is 0 Å². The summed E-state index contributed by atoms with van der Waals surface area (Å²) in [5.74, 6) is 0. The minimum atomic E-state index is -0.143. The van der Waals surface area contributed by atoms with Gasteiger partial charge in [0, 0.05) is 27.6 Å². The van der Waals surface area contributed by atoms with Crippen LogP contribution in [0.3, 0.4) is 0 Å². The van der Waals surface area contributed by atoms with Crippen LogP contribution in [0.15, 0.2) is 212 Å². The average Bonchev–Trinajstić information content (AvgIpc) is 3.70. The Bertz CT molecular complexity index is 3130. The molecule has 2 aliphatic rings. The lowest BCUT2D eigenvalue weighted by Gasteiger charge is -2.31. The molecule has 0 N–H and O–H groups in total. The molecule has 9 aromatic rings. The minimum Gasteiger partial charge on any atom is -0.309 e. The summed E-state index contributed by atoms with van der Waals surface area (Å²) < 4.78 is 0. The van der Waals surface area contributed by atoms with Crippen molar-refractivity contribution in [1.29, 1.82) is 0 Å². The first-order chi connectivity index (χ1) is 29.8. The van der Waals surface area contributed by atoms with Crippen LogP contribution in [0.4, 0.5) is 17.1 Å². The first-order valence-electron chi connectivity index (χ1n) is 21.5. The van der Waals surface area contributed by atoms with Crippen molar-refractivity contribution in [2.45, 2.75) is 38.5 Å². The third-order valence-electron chi connectivity index (χ3n) is 13.5.